The number of carbonyl (C=O) groups excluding carboxylic acids is 1. The first-order chi connectivity index (χ1) is 7.67. The minimum atomic E-state index is -2.72. The van der Waals surface area contributed by atoms with E-state index >= 15 is 0 Å². The van der Waals surface area contributed by atoms with Crippen molar-refractivity contribution in [3.63, 3.8) is 0 Å². The zero-order valence-corrected chi connectivity index (χ0v) is 10.3. The summed E-state index contributed by atoms with van der Waals surface area (Å²) in [6, 6.07) is -1.26. The van der Waals surface area contributed by atoms with Gasteiger partial charge in [-0.2, -0.15) is 0 Å². The number of nitrogens with one attached hydrogen (secondary N) is 1. The summed E-state index contributed by atoms with van der Waals surface area (Å²) in [7, 11) is 0. The molecule has 4 nitrogen and oxygen atoms in total. The second kappa shape index (κ2) is 3.80. The van der Waals surface area contributed by atoms with Crippen LogP contribution in [0.4, 0.5) is 13.6 Å². The lowest BCUT2D eigenvalue weighted by Gasteiger charge is -2.34. The Balaban J connectivity index is 2.00. The van der Waals surface area contributed by atoms with Crippen molar-refractivity contribution < 1.29 is 18.3 Å². The highest BCUT2D eigenvalue weighted by atomic mass is 19.3. The fraction of sp³-hybridized carbons (Fsp3) is 0.909. The molecule has 1 N–H and O–H groups in total. The topological polar surface area (TPSA) is 41.6 Å². The number of carbonyl (C=O) groups is 1. The van der Waals surface area contributed by atoms with Gasteiger partial charge in [-0.1, -0.05) is 0 Å². The van der Waals surface area contributed by atoms with Crippen LogP contribution in [0.15, 0.2) is 0 Å². The monoisotopic (exact) mass is 248 g/mol. The van der Waals surface area contributed by atoms with Crippen LogP contribution in [0.1, 0.15) is 27.2 Å². The predicted molar refractivity (Wildman–Crippen MR) is 58.1 cm³/mol. The standard InChI is InChI=1S/C11H18F2N2O2/c1-10(2,3)17-9(16)15-5-7-4-11(12,13)8(6-15)14-7/h7-8,14H,4-6H2,1-3H3. The summed E-state index contributed by atoms with van der Waals surface area (Å²) in [5.41, 5.74) is -0.594. The smallest absolute Gasteiger partial charge is 0.410 e. The molecule has 0 aromatic rings. The van der Waals surface area contributed by atoms with Crippen molar-refractivity contribution >= 4 is 6.09 Å². The Labute approximate surface area is 99.3 Å². The molecule has 6 heteroatoms. The molecule has 2 atom stereocenters. The summed E-state index contributed by atoms with van der Waals surface area (Å²) < 4.78 is 32.1. The summed E-state index contributed by atoms with van der Waals surface area (Å²) in [5.74, 6) is -2.72. The summed E-state index contributed by atoms with van der Waals surface area (Å²) in [6.45, 7) is 5.59. The SMILES string of the molecule is CC(C)(C)OC(=O)N1CC2CC(F)(F)C(C1)N2. The maximum absolute atomic E-state index is 13.4. The van der Waals surface area contributed by atoms with Gasteiger partial charge in [0.2, 0.25) is 0 Å². The lowest BCUT2D eigenvalue weighted by molar-refractivity contribution is -0.0205. The molecule has 98 valence electrons. The molecule has 2 aliphatic rings. The minimum absolute atomic E-state index is 0.0123. The summed E-state index contributed by atoms with van der Waals surface area (Å²) in [6.07, 6.45) is -0.705. The van der Waals surface area contributed by atoms with Crippen LogP contribution in [0.5, 0.6) is 0 Å². The maximum Gasteiger partial charge on any atom is 0.410 e. The Kier molecular flexibility index (Phi) is 2.80. The summed E-state index contributed by atoms with van der Waals surface area (Å²) in [5, 5.41) is 2.83. The first-order valence-corrected chi connectivity index (χ1v) is 5.79. The van der Waals surface area contributed by atoms with E-state index in [0.717, 1.165) is 0 Å². The van der Waals surface area contributed by atoms with Gasteiger partial charge in [0.1, 0.15) is 5.60 Å². The van der Waals surface area contributed by atoms with Crippen LogP contribution >= 0.6 is 0 Å². The number of halogens is 2. The van der Waals surface area contributed by atoms with Gasteiger partial charge in [0.05, 0.1) is 6.04 Å². The maximum atomic E-state index is 13.4. The fourth-order valence-electron chi connectivity index (χ4n) is 2.28. The van der Waals surface area contributed by atoms with Gasteiger partial charge in [-0.25, -0.2) is 13.6 Å². The molecule has 17 heavy (non-hydrogen) atoms. The molecule has 0 spiro atoms. The van der Waals surface area contributed by atoms with Gasteiger partial charge in [0.15, 0.2) is 0 Å². The van der Waals surface area contributed by atoms with Crippen molar-refractivity contribution in [2.45, 2.75) is 50.8 Å². The van der Waals surface area contributed by atoms with E-state index in [2.05, 4.69) is 5.32 Å². The molecule has 2 saturated heterocycles. The molecule has 0 radical (unpaired) electrons. The number of likely N-dealkylation sites (tertiary alicyclic amines) is 1. The normalized spacial score (nSPS) is 31.5. The molecule has 2 rings (SSSR count). The quantitative estimate of drug-likeness (QED) is 0.708. The van der Waals surface area contributed by atoms with E-state index in [1.165, 1.54) is 4.90 Å². The van der Waals surface area contributed by atoms with Crippen LogP contribution < -0.4 is 5.32 Å². The third kappa shape index (κ3) is 2.68. The molecule has 2 unspecified atom stereocenters. The molecule has 0 saturated carbocycles. The van der Waals surface area contributed by atoms with E-state index < -0.39 is 23.7 Å². The van der Waals surface area contributed by atoms with Gasteiger partial charge in [-0.05, 0) is 20.8 Å². The minimum Gasteiger partial charge on any atom is -0.444 e. The Morgan fingerprint density at radius 1 is 1.41 bits per heavy atom. The number of fused-ring (bicyclic) bond motifs is 2. The molecule has 1 amide bonds. The van der Waals surface area contributed by atoms with Crippen LogP contribution in [0.25, 0.3) is 0 Å². The number of piperazine rings is 1. The average Bonchev–Trinajstić information content (AvgIpc) is 2.32. The zero-order chi connectivity index (χ0) is 12.8. The molecule has 2 heterocycles. The highest BCUT2D eigenvalue weighted by Crippen LogP contribution is 2.35. The average molecular weight is 248 g/mol. The van der Waals surface area contributed by atoms with Crippen LogP contribution in [-0.4, -0.2) is 47.7 Å². The molecule has 2 aliphatic heterocycles. The molecular formula is C11H18F2N2O2. The van der Waals surface area contributed by atoms with Crippen LogP contribution in [0.3, 0.4) is 0 Å². The number of hydrogen-bond donors (Lipinski definition) is 1. The van der Waals surface area contributed by atoms with Gasteiger partial charge in [-0.15, -0.1) is 0 Å². The van der Waals surface area contributed by atoms with Crippen molar-refractivity contribution in [1.82, 2.24) is 10.2 Å². The molecule has 2 fully saturated rings. The van der Waals surface area contributed by atoms with E-state index in [4.69, 9.17) is 4.74 Å². The van der Waals surface area contributed by atoms with E-state index in [1.807, 2.05) is 0 Å². The molecule has 0 aromatic heterocycles. The number of rotatable bonds is 0. The number of alkyl halides is 2. The van der Waals surface area contributed by atoms with Crippen LogP contribution in [0.2, 0.25) is 0 Å². The highest BCUT2D eigenvalue weighted by Gasteiger charge is 2.53. The summed E-state index contributed by atoms with van der Waals surface area (Å²) >= 11 is 0. The third-order valence-corrected chi connectivity index (χ3v) is 2.96. The van der Waals surface area contributed by atoms with E-state index in [0.29, 0.717) is 6.54 Å². The summed E-state index contributed by atoms with van der Waals surface area (Å²) in [4.78, 5) is 13.1. The molecular weight excluding hydrogens is 230 g/mol. The first-order valence-electron chi connectivity index (χ1n) is 5.79. The molecule has 0 aliphatic carbocycles. The number of nitrogens with zero attached hydrogens (tertiary/aromatic N) is 1. The van der Waals surface area contributed by atoms with Crippen molar-refractivity contribution in [3.8, 4) is 0 Å². The lowest BCUT2D eigenvalue weighted by Crippen LogP contribution is -2.56. The van der Waals surface area contributed by atoms with Crippen molar-refractivity contribution in [2.24, 2.45) is 0 Å². The van der Waals surface area contributed by atoms with Crippen molar-refractivity contribution in [3.05, 3.63) is 0 Å². The Morgan fingerprint density at radius 2 is 2.06 bits per heavy atom. The van der Waals surface area contributed by atoms with Gasteiger partial charge < -0.3 is 15.0 Å². The molecule has 2 bridgehead atoms. The number of amides is 1. The van der Waals surface area contributed by atoms with Crippen LogP contribution in [-0.2, 0) is 4.74 Å². The van der Waals surface area contributed by atoms with E-state index in [9.17, 15) is 13.6 Å². The van der Waals surface area contributed by atoms with Gasteiger partial charge in [-0.3, -0.25) is 0 Å². The van der Waals surface area contributed by atoms with Gasteiger partial charge >= 0.3 is 6.09 Å². The second-order valence-electron chi connectivity index (χ2n) is 5.77. The number of hydrogen-bond acceptors (Lipinski definition) is 3. The zero-order valence-electron chi connectivity index (χ0n) is 10.3. The van der Waals surface area contributed by atoms with E-state index in [-0.39, 0.29) is 19.0 Å². The Morgan fingerprint density at radius 3 is 2.59 bits per heavy atom. The second-order valence-corrected chi connectivity index (χ2v) is 5.77. The largest absolute Gasteiger partial charge is 0.444 e. The lowest BCUT2D eigenvalue weighted by atomic mass is 10.1. The number of ether oxygens (including phenoxy) is 1. The first kappa shape index (κ1) is 12.5. The molecule has 0 aromatic carbocycles. The van der Waals surface area contributed by atoms with Crippen molar-refractivity contribution in [1.29, 1.82) is 0 Å². The van der Waals surface area contributed by atoms with E-state index in [1.54, 1.807) is 20.8 Å². The highest BCUT2D eigenvalue weighted by molar-refractivity contribution is 5.68. The fourth-order valence-corrected chi connectivity index (χ4v) is 2.28. The Hall–Kier alpha value is -0.910. The predicted octanol–water partition coefficient (Wildman–Crippen LogP) is 1.60. The third-order valence-electron chi connectivity index (χ3n) is 2.96. The Bertz CT molecular complexity index is 328. The van der Waals surface area contributed by atoms with Crippen LogP contribution in [0, 0.1) is 0 Å². The van der Waals surface area contributed by atoms with Crippen molar-refractivity contribution in [2.75, 3.05) is 13.1 Å². The van der Waals surface area contributed by atoms with Gasteiger partial charge in [0, 0.05) is 25.6 Å². The van der Waals surface area contributed by atoms with Gasteiger partial charge in [0.25, 0.3) is 5.92 Å².